The van der Waals surface area contributed by atoms with Crippen molar-refractivity contribution in [1.82, 2.24) is 9.88 Å². The van der Waals surface area contributed by atoms with Gasteiger partial charge in [0.1, 0.15) is 11.3 Å². The third kappa shape index (κ3) is 6.20. The number of benzene rings is 2. The van der Waals surface area contributed by atoms with Crippen molar-refractivity contribution in [1.29, 1.82) is 0 Å². The molecule has 0 unspecified atom stereocenters. The Kier molecular flexibility index (Phi) is 9.78. The van der Waals surface area contributed by atoms with Crippen molar-refractivity contribution < 1.29 is 9.53 Å². The smallest absolute Gasteiger partial charge is 0.252 e. The van der Waals surface area contributed by atoms with E-state index in [-0.39, 0.29) is 18.3 Å². The van der Waals surface area contributed by atoms with E-state index in [1.54, 1.807) is 24.2 Å². The first-order valence-corrected chi connectivity index (χ1v) is 11.2. The Morgan fingerprint density at radius 3 is 2.55 bits per heavy atom. The molecule has 0 fully saturated rings. The van der Waals surface area contributed by atoms with Crippen LogP contribution >= 0.6 is 35.3 Å². The number of methoxy groups -OCH3 is 1. The van der Waals surface area contributed by atoms with E-state index in [4.69, 9.17) is 21.3 Å². The van der Waals surface area contributed by atoms with E-state index >= 15 is 0 Å². The van der Waals surface area contributed by atoms with Crippen LogP contribution in [-0.2, 0) is 4.79 Å². The summed E-state index contributed by atoms with van der Waals surface area (Å²) < 4.78 is 6.42. The van der Waals surface area contributed by atoms with Crippen molar-refractivity contribution in [2.24, 2.45) is 0 Å². The number of likely N-dealkylation sites (N-methyl/N-ethyl adjacent to an activating group) is 1. The van der Waals surface area contributed by atoms with Crippen molar-refractivity contribution in [2.75, 3.05) is 38.2 Å². The number of ether oxygens (including phenoxy) is 1. The summed E-state index contributed by atoms with van der Waals surface area (Å²) in [5.41, 5.74) is 1.58. The maximum Gasteiger partial charge on any atom is 0.252 e. The van der Waals surface area contributed by atoms with Crippen molar-refractivity contribution in [2.45, 2.75) is 13.8 Å². The number of anilines is 1. The van der Waals surface area contributed by atoms with Gasteiger partial charge in [0.05, 0.1) is 11.8 Å². The summed E-state index contributed by atoms with van der Waals surface area (Å²) in [5.74, 6) is 0.581. The molecule has 0 spiro atoms. The van der Waals surface area contributed by atoms with Crippen LogP contribution in [0.15, 0.2) is 48.5 Å². The molecular weight excluding hydrogens is 453 g/mol. The average Bonchev–Trinajstić information content (AvgIpc) is 3.20. The Hall–Kier alpha value is -2.12. The maximum absolute atomic E-state index is 13.2. The normalized spacial score (nSPS) is 11.1. The summed E-state index contributed by atoms with van der Waals surface area (Å²) in [5, 5.41) is 1.27. The van der Waals surface area contributed by atoms with Crippen molar-refractivity contribution in [3.63, 3.8) is 0 Å². The predicted molar refractivity (Wildman–Crippen MR) is 134 cm³/mol. The number of halogens is 2. The van der Waals surface area contributed by atoms with Crippen LogP contribution in [0, 0.1) is 0 Å². The lowest BCUT2D eigenvalue weighted by atomic mass is 10.2. The fourth-order valence-corrected chi connectivity index (χ4v) is 4.35. The number of rotatable bonds is 9. The number of hydrogen-bond donors (Lipinski definition) is 0. The number of aromatic nitrogens is 1. The number of amides is 1. The summed E-state index contributed by atoms with van der Waals surface area (Å²) in [7, 11) is 1.63. The van der Waals surface area contributed by atoms with Gasteiger partial charge in [0, 0.05) is 24.2 Å². The number of fused-ring (bicyclic) bond motifs is 1. The van der Waals surface area contributed by atoms with Gasteiger partial charge in [-0.3, -0.25) is 9.69 Å². The average molecular weight is 480 g/mol. The Balaban J connectivity index is 0.00000341. The number of carbonyl (C=O) groups is 1. The number of carbonyl (C=O) groups excluding carboxylic acids is 1. The number of hydrogen-bond acceptors (Lipinski definition) is 5. The van der Waals surface area contributed by atoms with E-state index in [1.165, 1.54) is 11.3 Å². The lowest BCUT2D eigenvalue weighted by Gasteiger charge is -2.23. The van der Waals surface area contributed by atoms with E-state index in [2.05, 4.69) is 18.7 Å². The maximum atomic E-state index is 13.2. The highest BCUT2D eigenvalue weighted by Gasteiger charge is 2.20. The quantitative estimate of drug-likeness (QED) is 0.365. The molecule has 3 aromatic rings. The minimum absolute atomic E-state index is 0. The molecule has 3 rings (SSSR count). The van der Waals surface area contributed by atoms with Crippen LogP contribution in [0.1, 0.15) is 19.4 Å². The van der Waals surface area contributed by atoms with Crippen LogP contribution < -0.4 is 9.64 Å². The molecule has 0 atom stereocenters. The summed E-state index contributed by atoms with van der Waals surface area (Å²) >= 11 is 7.71. The summed E-state index contributed by atoms with van der Waals surface area (Å²) in [4.78, 5) is 21.9. The van der Waals surface area contributed by atoms with E-state index in [0.717, 1.165) is 35.4 Å². The van der Waals surface area contributed by atoms with Crippen LogP contribution in [0.3, 0.4) is 0 Å². The molecule has 1 heterocycles. The molecule has 8 heteroatoms. The fourth-order valence-electron chi connectivity index (χ4n) is 3.13. The van der Waals surface area contributed by atoms with Crippen molar-refractivity contribution >= 4 is 62.7 Å². The Morgan fingerprint density at radius 1 is 1.13 bits per heavy atom. The predicted octanol–water partition coefficient (Wildman–Crippen LogP) is 5.77. The minimum atomic E-state index is -0.125. The molecule has 0 radical (unpaired) electrons. The van der Waals surface area contributed by atoms with E-state index in [0.29, 0.717) is 22.4 Å². The van der Waals surface area contributed by atoms with Gasteiger partial charge >= 0.3 is 0 Å². The Labute approximate surface area is 198 Å². The van der Waals surface area contributed by atoms with Crippen molar-refractivity contribution in [3.8, 4) is 5.75 Å². The SMILES string of the molecule is CCN(CC)CCN(C(=O)C=Cc1ccccc1Cl)c1nc2c(OC)cccc2s1.Cl. The Morgan fingerprint density at radius 2 is 1.87 bits per heavy atom. The summed E-state index contributed by atoms with van der Waals surface area (Å²) in [6.45, 7) is 7.43. The molecule has 166 valence electrons. The van der Waals surface area contributed by atoms with E-state index < -0.39 is 0 Å². The molecule has 31 heavy (non-hydrogen) atoms. The lowest BCUT2D eigenvalue weighted by Crippen LogP contribution is -2.38. The van der Waals surface area contributed by atoms with Crippen molar-refractivity contribution in [3.05, 3.63) is 59.1 Å². The first kappa shape index (κ1) is 25.1. The fraction of sp³-hybridized carbons (Fsp3) is 0.304. The lowest BCUT2D eigenvalue weighted by molar-refractivity contribution is -0.114. The van der Waals surface area contributed by atoms with Gasteiger partial charge in [0.15, 0.2) is 5.13 Å². The second-order valence-electron chi connectivity index (χ2n) is 6.68. The molecule has 0 saturated carbocycles. The third-order valence-electron chi connectivity index (χ3n) is 4.93. The topological polar surface area (TPSA) is 45.7 Å². The number of thiazole rings is 1. The van der Waals surface area contributed by atoms with Gasteiger partial charge in [-0.05, 0) is 42.9 Å². The van der Waals surface area contributed by atoms with Crippen LogP contribution in [0.2, 0.25) is 5.02 Å². The zero-order valence-corrected chi connectivity index (χ0v) is 20.3. The molecule has 0 aliphatic rings. The zero-order chi connectivity index (χ0) is 21.5. The van der Waals surface area contributed by atoms with Crippen LogP contribution in [0.5, 0.6) is 5.75 Å². The highest BCUT2D eigenvalue weighted by Crippen LogP contribution is 2.34. The second-order valence-corrected chi connectivity index (χ2v) is 8.09. The molecular formula is C23H27Cl2N3O2S. The van der Waals surface area contributed by atoms with Crippen LogP contribution in [-0.4, -0.2) is 49.1 Å². The van der Waals surface area contributed by atoms with E-state index in [1.807, 2.05) is 42.5 Å². The van der Waals surface area contributed by atoms with Gasteiger partial charge in [0.2, 0.25) is 0 Å². The van der Waals surface area contributed by atoms with E-state index in [9.17, 15) is 4.79 Å². The van der Waals surface area contributed by atoms with Gasteiger partial charge < -0.3 is 9.64 Å². The molecule has 0 N–H and O–H groups in total. The largest absolute Gasteiger partial charge is 0.494 e. The van der Waals surface area contributed by atoms with Gasteiger partial charge in [0.25, 0.3) is 5.91 Å². The zero-order valence-electron chi connectivity index (χ0n) is 17.9. The monoisotopic (exact) mass is 479 g/mol. The first-order valence-electron chi connectivity index (χ1n) is 9.97. The summed E-state index contributed by atoms with van der Waals surface area (Å²) in [6.07, 6.45) is 3.32. The highest BCUT2D eigenvalue weighted by molar-refractivity contribution is 7.22. The van der Waals surface area contributed by atoms with Gasteiger partial charge in [-0.2, -0.15) is 0 Å². The minimum Gasteiger partial charge on any atom is -0.494 e. The van der Waals surface area contributed by atoms with Crippen LogP contribution in [0.4, 0.5) is 5.13 Å². The molecule has 2 aromatic carbocycles. The molecule has 0 saturated heterocycles. The highest BCUT2D eigenvalue weighted by atomic mass is 35.5. The molecule has 5 nitrogen and oxygen atoms in total. The summed E-state index contributed by atoms with van der Waals surface area (Å²) in [6, 6.07) is 13.3. The molecule has 0 aliphatic carbocycles. The van der Waals surface area contributed by atoms with Crippen LogP contribution in [0.25, 0.3) is 16.3 Å². The molecule has 0 aliphatic heterocycles. The number of para-hydroxylation sites is 1. The molecule has 1 amide bonds. The standard InChI is InChI=1S/C23H26ClN3O2S.ClH/c1-4-26(5-2)15-16-27(21(28)14-13-17-9-6-7-10-18(17)24)23-25-22-19(29-3)11-8-12-20(22)30-23;/h6-14H,4-5,15-16H2,1-3H3;1H. The first-order chi connectivity index (χ1) is 14.6. The number of nitrogens with zero attached hydrogens (tertiary/aromatic N) is 3. The Bertz CT molecular complexity index is 1030. The third-order valence-corrected chi connectivity index (χ3v) is 6.32. The molecule has 1 aromatic heterocycles. The molecule has 0 bridgehead atoms. The van der Waals surface area contributed by atoms with Gasteiger partial charge in [-0.25, -0.2) is 4.98 Å². The second kappa shape index (κ2) is 12.1. The van der Waals surface area contributed by atoms with Gasteiger partial charge in [-0.15, -0.1) is 12.4 Å². The van der Waals surface area contributed by atoms with Gasteiger partial charge in [-0.1, -0.05) is 61.1 Å².